The average Bonchev–Trinajstić information content (AvgIpc) is 0.782. The van der Waals surface area contributed by atoms with Crippen molar-refractivity contribution in [2.24, 2.45) is 105 Å². The van der Waals surface area contributed by atoms with Crippen LogP contribution in [0.1, 0.15) is 284 Å². The maximum absolute atomic E-state index is 12.7. The molecular weight excluding hydrogens is 1420 g/mol. The number of nitrogens with two attached hydrogens (primary N) is 7. The van der Waals surface area contributed by atoms with E-state index in [2.05, 4.69) is 39.0 Å². The molecule has 0 saturated carbocycles. The lowest BCUT2D eigenvalue weighted by Gasteiger charge is -2.40. The summed E-state index contributed by atoms with van der Waals surface area (Å²) in [4.78, 5) is 84.7. The van der Waals surface area contributed by atoms with Crippen molar-refractivity contribution in [2.45, 2.75) is 335 Å². The van der Waals surface area contributed by atoms with Gasteiger partial charge >= 0.3 is 0 Å². The molecule has 112 heavy (non-hydrogen) atoms. The van der Waals surface area contributed by atoms with E-state index in [0.29, 0.717) is 6.42 Å². The fourth-order valence-corrected chi connectivity index (χ4v) is 13.6. The zero-order valence-electron chi connectivity index (χ0n) is 76.3. The van der Waals surface area contributed by atoms with Crippen LogP contribution in [0.2, 0.25) is 0 Å². The van der Waals surface area contributed by atoms with Crippen molar-refractivity contribution in [3.63, 3.8) is 0 Å². The molecule has 8 atom stereocenters. The minimum Gasteiger partial charge on any atom is -0.412 e. The lowest BCUT2D eigenvalue weighted by molar-refractivity contribution is -0.142. The normalized spacial score (nSPS) is 14.7. The van der Waals surface area contributed by atoms with E-state index in [-0.39, 0.29) is 127 Å². The van der Waals surface area contributed by atoms with Crippen LogP contribution in [0, 0.1) is 64.6 Å². The van der Waals surface area contributed by atoms with Gasteiger partial charge in [-0.3, -0.25) is 33.6 Å². The van der Waals surface area contributed by atoms with Crippen LogP contribution in [0.3, 0.4) is 0 Å². The van der Waals surface area contributed by atoms with Crippen molar-refractivity contribution in [3.8, 4) is 0 Å². The van der Waals surface area contributed by atoms with E-state index in [0.717, 1.165) is 33.9 Å². The Kier molecular flexibility index (Phi) is 48.4. The standard InChI is InChI=1S/C18H23NO.C15H23NO2.C14H21NO.C12H25NO2.C12H25NO.C11H23NO2.C9H19NO2.3H2O/c1-12(2)17(20)16(18(3,4)19)15-11-7-9-13-8-5-6-10-14(13)15;1-14(2,16)12(13(17)15(3,4)18)10-11-8-6-5-7-9-11;1-10(2)13(16)12(14(3,4)15)11-8-6-5-7-9-11;1-7-8(2)9(11(3,4)13)10(14)12(5,6)15;1-8(2)9(14)10(11(3,4)5)12(6,7)13;1-7(2)8(10(3,4)12)9(13)11(5,6)14;1-6(8(2,3)10)7(11)9(4,5)12;;;/h5-12,16H,19H2,1-4H3;5-9,12,18H,10,16H2,1-4H3;5-10,12H,15H2,1-4H3;8-9,15H,7,13H2,1-6H3;8,10H,13H2,1-7H3;7-8,14H,12H2,1-6H3;6,12H,10H2,1-5H3;3*1H2/t16-;2*12-;8?,9-;10-;8-;6-;;;/m0000100.../s1. The molecule has 0 aliphatic carbocycles. The molecule has 21 nitrogen and oxygen atoms in total. The van der Waals surface area contributed by atoms with E-state index in [1.165, 1.54) is 55.4 Å². The van der Waals surface area contributed by atoms with Gasteiger partial charge in [-0.15, -0.1) is 0 Å². The van der Waals surface area contributed by atoms with Crippen molar-refractivity contribution in [1.29, 1.82) is 0 Å². The third-order valence-electron chi connectivity index (χ3n) is 19.4. The number of rotatable bonds is 28. The second kappa shape index (κ2) is 46.3. The maximum Gasteiger partial charge on any atom is 0.168 e. The first-order valence-electron chi connectivity index (χ1n) is 39.1. The summed E-state index contributed by atoms with van der Waals surface area (Å²) in [6.45, 7) is 65.6. The van der Waals surface area contributed by atoms with Crippen LogP contribution < -0.4 is 40.1 Å². The molecule has 4 rings (SSSR count). The van der Waals surface area contributed by atoms with Gasteiger partial charge in [0.2, 0.25) is 0 Å². The molecule has 0 aliphatic rings. The zero-order valence-corrected chi connectivity index (χ0v) is 76.3. The molecule has 0 aliphatic heterocycles. The molecule has 648 valence electrons. The number of Topliss-reactive ketones (excluding diaryl/α,β-unsaturated/α-hetero) is 7. The van der Waals surface area contributed by atoms with E-state index >= 15 is 0 Å². The van der Waals surface area contributed by atoms with Crippen molar-refractivity contribution >= 4 is 51.3 Å². The molecule has 0 amide bonds. The largest absolute Gasteiger partial charge is 0.412 e. The molecule has 21 heteroatoms. The molecule has 24 N–H and O–H groups in total. The Bertz CT molecular complexity index is 3410. The van der Waals surface area contributed by atoms with E-state index in [1.54, 1.807) is 20.8 Å². The summed E-state index contributed by atoms with van der Waals surface area (Å²) in [7, 11) is 0. The number of benzene rings is 4. The monoisotopic (exact) mass is 1580 g/mol. The molecule has 0 fully saturated rings. The van der Waals surface area contributed by atoms with Gasteiger partial charge in [0.05, 0.1) is 11.8 Å². The zero-order chi connectivity index (χ0) is 87.3. The summed E-state index contributed by atoms with van der Waals surface area (Å²) in [6.07, 6.45) is 1.43. The molecule has 0 bridgehead atoms. The fourth-order valence-electron chi connectivity index (χ4n) is 13.6. The Hall–Kier alpha value is -5.73. The van der Waals surface area contributed by atoms with Gasteiger partial charge < -0.3 is 77.0 Å². The third-order valence-corrected chi connectivity index (χ3v) is 19.4. The van der Waals surface area contributed by atoms with Crippen LogP contribution in [-0.2, 0) is 40.0 Å². The molecule has 4 aromatic rings. The van der Waals surface area contributed by atoms with Crippen molar-refractivity contribution in [1.82, 2.24) is 0 Å². The first-order chi connectivity index (χ1) is 48.3. The summed E-state index contributed by atoms with van der Waals surface area (Å²) < 4.78 is 0. The van der Waals surface area contributed by atoms with Crippen LogP contribution in [0.4, 0.5) is 0 Å². The summed E-state index contributed by atoms with van der Waals surface area (Å²) >= 11 is 0. The Morgan fingerprint density at radius 2 is 0.679 bits per heavy atom. The molecule has 0 aromatic heterocycles. The second-order valence-corrected chi connectivity index (χ2v) is 39.3. The highest BCUT2D eigenvalue weighted by Crippen LogP contribution is 2.38. The van der Waals surface area contributed by atoms with E-state index in [9.17, 15) is 54.0 Å². The molecule has 0 heterocycles. The highest BCUT2D eigenvalue weighted by molar-refractivity contribution is 5.96. The van der Waals surface area contributed by atoms with Gasteiger partial charge in [-0.25, -0.2) is 0 Å². The van der Waals surface area contributed by atoms with Crippen LogP contribution in [0.15, 0.2) is 103 Å². The minimum atomic E-state index is -1.35. The summed E-state index contributed by atoms with van der Waals surface area (Å²) in [5.41, 5.74) is 36.2. The van der Waals surface area contributed by atoms with Crippen LogP contribution in [0.25, 0.3) is 10.8 Å². The Morgan fingerprint density at radius 3 is 0.946 bits per heavy atom. The number of fused-ring (bicyclic) bond motifs is 1. The van der Waals surface area contributed by atoms with Gasteiger partial charge in [0.25, 0.3) is 0 Å². The first-order valence-corrected chi connectivity index (χ1v) is 39.1. The van der Waals surface area contributed by atoms with Gasteiger partial charge in [-0.05, 0) is 203 Å². The van der Waals surface area contributed by atoms with Gasteiger partial charge in [-0.2, -0.15) is 0 Å². The highest BCUT2D eigenvalue weighted by Gasteiger charge is 2.45. The first kappa shape index (κ1) is 117. The van der Waals surface area contributed by atoms with E-state index in [4.69, 9.17) is 40.1 Å². The van der Waals surface area contributed by atoms with Crippen molar-refractivity contribution in [2.75, 3.05) is 0 Å². The number of hydrogen-bond acceptors (Lipinski definition) is 18. The molecule has 1 unspecified atom stereocenters. The Labute approximate surface area is 678 Å². The average molecular weight is 1580 g/mol. The minimum absolute atomic E-state index is 0. The highest BCUT2D eigenvalue weighted by atomic mass is 16.3. The molecule has 0 radical (unpaired) electrons. The molecule has 0 spiro atoms. The van der Waals surface area contributed by atoms with Gasteiger partial charge in [0.15, 0.2) is 23.1 Å². The van der Waals surface area contributed by atoms with Gasteiger partial charge in [0.1, 0.15) is 39.8 Å². The summed E-state index contributed by atoms with van der Waals surface area (Å²) in [6, 6.07) is 33.8. The maximum atomic E-state index is 12.7. The van der Waals surface area contributed by atoms with Gasteiger partial charge in [-0.1, -0.05) is 206 Å². The molecule has 4 aromatic carbocycles. The quantitative estimate of drug-likeness (QED) is 0.0252. The summed E-state index contributed by atoms with van der Waals surface area (Å²) in [5.74, 6) is -1.69. The van der Waals surface area contributed by atoms with Crippen molar-refractivity contribution < 1.29 is 70.4 Å². The number of hydrogen-bond donors (Lipinski definition) is 11. The lowest BCUT2D eigenvalue weighted by atomic mass is 9.66. The third kappa shape index (κ3) is 40.7. The van der Waals surface area contributed by atoms with Gasteiger partial charge in [0, 0.05) is 86.1 Å². The smallest absolute Gasteiger partial charge is 0.168 e. The number of aliphatic hydroxyl groups is 4. The van der Waals surface area contributed by atoms with Crippen LogP contribution >= 0.6 is 0 Å². The predicted octanol–water partition coefficient (Wildman–Crippen LogP) is 12.4. The second-order valence-electron chi connectivity index (χ2n) is 39.3. The van der Waals surface area contributed by atoms with Crippen molar-refractivity contribution in [3.05, 3.63) is 120 Å². The summed E-state index contributed by atoms with van der Waals surface area (Å²) in [5, 5.41) is 41.0. The molecular formula is C91H165N7O14. The predicted molar refractivity (Wildman–Crippen MR) is 466 cm³/mol. The van der Waals surface area contributed by atoms with Crippen LogP contribution in [-0.4, -0.2) is 139 Å². The van der Waals surface area contributed by atoms with Crippen LogP contribution in [0.5, 0.6) is 0 Å². The number of ketones is 7. The number of carbonyl (C=O) groups is 7. The topological polar surface area (TPSA) is 477 Å². The molecule has 0 saturated heterocycles. The van der Waals surface area contributed by atoms with E-state index < -0.39 is 67.1 Å². The Morgan fingerprint density at radius 1 is 0.348 bits per heavy atom. The SMILES string of the molecule is CC(C)(O)C(=O)[C@H](Cc1ccccc1)C(C)(C)N.CC(C)C(=O)[C@H](C(C)(C)C)C(C)(C)N.CC(C)C(=O)[C@H](c1cccc2ccccc12)C(C)(C)N.CC(C)C(=O)[C@H](c1ccccc1)C(C)(C)N.CC(C)[C@@H](C(=O)C(C)(C)O)C(C)(C)N.CCC(C)[C@@H](C(=O)C(C)(C)O)C(C)(C)N.C[C@@H](C(=O)C(C)(C)O)C(C)(C)N.O.O.O. The Balaban J connectivity index is -0.000000293. The number of carbonyl (C=O) groups excluding carboxylic acids is 7. The van der Waals surface area contributed by atoms with E-state index in [1.807, 2.05) is 237 Å². The lowest BCUT2D eigenvalue weighted by Crippen LogP contribution is -2.53. The fraction of sp³-hybridized carbons (Fsp3) is 0.681.